The van der Waals surface area contributed by atoms with E-state index < -0.39 is 29.0 Å². The molecule has 0 saturated carbocycles. The van der Waals surface area contributed by atoms with Crippen molar-refractivity contribution in [1.29, 1.82) is 0 Å². The van der Waals surface area contributed by atoms with Gasteiger partial charge < -0.3 is 10.1 Å². The third-order valence-electron chi connectivity index (χ3n) is 5.53. The van der Waals surface area contributed by atoms with Gasteiger partial charge in [0.15, 0.2) is 0 Å². The van der Waals surface area contributed by atoms with Gasteiger partial charge in [-0.25, -0.2) is 14.0 Å². The minimum absolute atomic E-state index is 0.123. The molecule has 0 aliphatic carbocycles. The van der Waals surface area contributed by atoms with E-state index in [0.29, 0.717) is 16.8 Å². The molecule has 32 heavy (non-hydrogen) atoms. The van der Waals surface area contributed by atoms with Gasteiger partial charge in [-0.2, -0.15) is 0 Å². The van der Waals surface area contributed by atoms with E-state index in [4.69, 9.17) is 4.74 Å². The molecule has 3 aromatic rings. The van der Waals surface area contributed by atoms with Gasteiger partial charge in [-0.3, -0.25) is 13.9 Å². The minimum atomic E-state index is -0.943. The van der Waals surface area contributed by atoms with E-state index in [1.807, 2.05) is 18.2 Å². The van der Waals surface area contributed by atoms with Crippen molar-refractivity contribution in [2.75, 3.05) is 11.9 Å². The predicted octanol–water partition coefficient (Wildman–Crippen LogP) is 2.75. The van der Waals surface area contributed by atoms with Crippen molar-refractivity contribution in [2.24, 2.45) is 14.1 Å². The van der Waals surface area contributed by atoms with E-state index >= 15 is 0 Å². The lowest BCUT2D eigenvalue weighted by molar-refractivity contribution is -0.138. The number of aromatic nitrogens is 2. The summed E-state index contributed by atoms with van der Waals surface area (Å²) in [5.41, 5.74) is 0.713. The number of esters is 1. The quantitative estimate of drug-likeness (QED) is 0.638. The van der Waals surface area contributed by atoms with Crippen LogP contribution in [0.2, 0.25) is 0 Å². The van der Waals surface area contributed by atoms with E-state index in [1.165, 1.54) is 36.9 Å². The number of rotatable bonds is 4. The van der Waals surface area contributed by atoms with E-state index in [9.17, 15) is 18.8 Å². The molecule has 1 aliphatic rings. The first kappa shape index (κ1) is 21.3. The molecule has 8 heteroatoms. The van der Waals surface area contributed by atoms with Crippen molar-refractivity contribution < 1.29 is 13.9 Å². The molecule has 2 aromatic carbocycles. The molecule has 1 aliphatic heterocycles. The molecule has 0 bridgehead atoms. The van der Waals surface area contributed by atoms with Gasteiger partial charge in [-0.1, -0.05) is 42.5 Å². The fourth-order valence-electron chi connectivity index (χ4n) is 4.04. The normalized spacial score (nSPS) is 15.2. The van der Waals surface area contributed by atoms with Gasteiger partial charge in [0.25, 0.3) is 5.56 Å². The second-order valence-corrected chi connectivity index (χ2v) is 7.46. The van der Waals surface area contributed by atoms with Crippen LogP contribution in [0.25, 0.3) is 5.70 Å². The number of carbonyl (C=O) groups is 1. The zero-order chi connectivity index (χ0) is 23.0. The zero-order valence-electron chi connectivity index (χ0n) is 17.9. The molecule has 164 valence electrons. The van der Waals surface area contributed by atoms with Gasteiger partial charge in [0, 0.05) is 14.1 Å². The van der Waals surface area contributed by atoms with Gasteiger partial charge >= 0.3 is 11.7 Å². The first-order valence-corrected chi connectivity index (χ1v) is 10.1. The van der Waals surface area contributed by atoms with E-state index in [0.717, 1.165) is 4.57 Å². The molecule has 0 saturated heterocycles. The van der Waals surface area contributed by atoms with Crippen LogP contribution in [0.1, 0.15) is 29.5 Å². The third-order valence-corrected chi connectivity index (χ3v) is 5.53. The van der Waals surface area contributed by atoms with Crippen LogP contribution >= 0.6 is 0 Å². The van der Waals surface area contributed by atoms with Crippen LogP contribution in [-0.2, 0) is 23.6 Å². The monoisotopic (exact) mass is 435 g/mol. The van der Waals surface area contributed by atoms with Gasteiger partial charge in [-0.05, 0) is 30.2 Å². The van der Waals surface area contributed by atoms with Crippen LogP contribution < -0.4 is 16.6 Å². The maximum absolute atomic E-state index is 14.2. The highest BCUT2D eigenvalue weighted by Gasteiger charge is 2.39. The molecule has 7 nitrogen and oxygen atoms in total. The molecule has 0 spiro atoms. The zero-order valence-corrected chi connectivity index (χ0v) is 17.9. The Morgan fingerprint density at radius 2 is 1.78 bits per heavy atom. The van der Waals surface area contributed by atoms with Crippen LogP contribution in [0.15, 0.2) is 69.8 Å². The SMILES string of the molecule is CCOC(=O)C1=C(c2ccccc2)Nc2c(c(=O)n(C)c(=O)n2C)C1c1cccc(F)c1. The van der Waals surface area contributed by atoms with Crippen molar-refractivity contribution in [1.82, 2.24) is 9.13 Å². The fraction of sp³-hybridized carbons (Fsp3) is 0.208. The van der Waals surface area contributed by atoms with Crippen LogP contribution in [0, 0.1) is 5.82 Å². The summed E-state index contributed by atoms with van der Waals surface area (Å²) in [7, 11) is 2.91. The largest absolute Gasteiger partial charge is 0.463 e. The highest BCUT2D eigenvalue weighted by atomic mass is 19.1. The van der Waals surface area contributed by atoms with Crippen molar-refractivity contribution in [2.45, 2.75) is 12.8 Å². The Morgan fingerprint density at radius 1 is 1.06 bits per heavy atom. The molecule has 0 amide bonds. The lowest BCUT2D eigenvalue weighted by atomic mass is 9.81. The summed E-state index contributed by atoms with van der Waals surface area (Å²) < 4.78 is 21.9. The van der Waals surface area contributed by atoms with Crippen LogP contribution in [0.5, 0.6) is 0 Å². The molecular formula is C24H22FN3O4. The summed E-state index contributed by atoms with van der Waals surface area (Å²) >= 11 is 0. The summed E-state index contributed by atoms with van der Waals surface area (Å²) in [4.78, 5) is 39.1. The van der Waals surface area contributed by atoms with E-state index in [2.05, 4.69) is 5.32 Å². The highest BCUT2D eigenvalue weighted by Crippen LogP contribution is 2.42. The third kappa shape index (κ3) is 3.43. The minimum Gasteiger partial charge on any atom is -0.463 e. The predicted molar refractivity (Wildman–Crippen MR) is 119 cm³/mol. The van der Waals surface area contributed by atoms with Crippen LogP contribution in [0.4, 0.5) is 10.2 Å². The average molecular weight is 435 g/mol. The first-order valence-electron chi connectivity index (χ1n) is 10.1. The number of benzene rings is 2. The number of hydrogen-bond donors (Lipinski definition) is 1. The second kappa shape index (κ2) is 8.30. The molecule has 0 radical (unpaired) electrons. The Kier molecular flexibility index (Phi) is 5.52. The maximum atomic E-state index is 14.2. The Morgan fingerprint density at radius 3 is 2.44 bits per heavy atom. The van der Waals surface area contributed by atoms with Gasteiger partial charge in [0.2, 0.25) is 0 Å². The van der Waals surface area contributed by atoms with Crippen LogP contribution in [-0.4, -0.2) is 21.7 Å². The topological polar surface area (TPSA) is 82.3 Å². The Balaban J connectivity index is 2.14. The van der Waals surface area contributed by atoms with Crippen molar-refractivity contribution in [3.05, 3.63) is 104 Å². The van der Waals surface area contributed by atoms with E-state index in [1.54, 1.807) is 25.1 Å². The van der Waals surface area contributed by atoms with Crippen molar-refractivity contribution >= 4 is 17.5 Å². The first-order chi connectivity index (χ1) is 15.3. The number of anilines is 1. The standard InChI is InChI=1S/C24H22FN3O4/c1-4-32-23(30)18-17(15-11-8-12-16(25)13-15)19-21(27(2)24(31)28(3)22(19)29)26-20(18)14-9-6-5-7-10-14/h5-13,17,26H,4H2,1-3H3. The van der Waals surface area contributed by atoms with E-state index in [-0.39, 0.29) is 23.6 Å². The Bertz CT molecular complexity index is 1360. The summed E-state index contributed by atoms with van der Waals surface area (Å²) in [5, 5.41) is 3.13. The Hall–Kier alpha value is -3.94. The summed E-state index contributed by atoms with van der Waals surface area (Å²) in [6.07, 6.45) is 0. The molecule has 1 aromatic heterocycles. The number of ether oxygens (including phenoxy) is 1. The molecule has 2 heterocycles. The summed E-state index contributed by atoms with van der Waals surface area (Å²) in [6, 6.07) is 14.8. The maximum Gasteiger partial charge on any atom is 0.337 e. The lowest BCUT2D eigenvalue weighted by Crippen LogP contribution is -2.43. The lowest BCUT2D eigenvalue weighted by Gasteiger charge is -2.32. The van der Waals surface area contributed by atoms with Crippen molar-refractivity contribution in [3.63, 3.8) is 0 Å². The smallest absolute Gasteiger partial charge is 0.337 e. The Labute approximate surface area is 183 Å². The second-order valence-electron chi connectivity index (χ2n) is 7.46. The number of halogens is 1. The van der Waals surface area contributed by atoms with Gasteiger partial charge in [-0.15, -0.1) is 0 Å². The molecule has 4 rings (SSSR count). The van der Waals surface area contributed by atoms with Crippen LogP contribution in [0.3, 0.4) is 0 Å². The average Bonchev–Trinajstić information content (AvgIpc) is 2.80. The number of carbonyl (C=O) groups excluding carboxylic acids is 1. The highest BCUT2D eigenvalue weighted by molar-refractivity contribution is 6.04. The summed E-state index contributed by atoms with van der Waals surface area (Å²) in [5.74, 6) is -1.83. The molecule has 1 unspecified atom stereocenters. The molecule has 0 fully saturated rings. The summed E-state index contributed by atoms with van der Waals surface area (Å²) in [6.45, 7) is 1.81. The number of hydrogen-bond acceptors (Lipinski definition) is 5. The molecule has 1 N–H and O–H groups in total. The number of nitrogens with zero attached hydrogens (tertiary/aromatic N) is 2. The van der Waals surface area contributed by atoms with Gasteiger partial charge in [0.05, 0.1) is 29.4 Å². The molecule has 1 atom stereocenters. The number of fused-ring (bicyclic) bond motifs is 1. The molecular weight excluding hydrogens is 413 g/mol. The fourth-order valence-corrected chi connectivity index (χ4v) is 4.04. The van der Waals surface area contributed by atoms with Crippen molar-refractivity contribution in [3.8, 4) is 0 Å². The van der Waals surface area contributed by atoms with Gasteiger partial charge in [0.1, 0.15) is 11.6 Å². The number of nitrogens with one attached hydrogen (secondary N) is 1.